The molecule has 14 heteroatoms. The summed E-state index contributed by atoms with van der Waals surface area (Å²) in [7, 11) is 0. The number of carboxylic acids is 1. The highest BCUT2D eigenvalue weighted by Crippen LogP contribution is 2.19. The summed E-state index contributed by atoms with van der Waals surface area (Å²) in [4.78, 5) is 58.0. The number of amides is 3. The lowest BCUT2D eigenvalue weighted by Crippen LogP contribution is -2.59. The van der Waals surface area contributed by atoms with Crippen molar-refractivity contribution in [3.8, 4) is 0 Å². The summed E-state index contributed by atoms with van der Waals surface area (Å²) in [5, 5.41) is 27.9. The summed E-state index contributed by atoms with van der Waals surface area (Å²) in [5.74, 6) is -3.89. The van der Waals surface area contributed by atoms with Gasteiger partial charge in [-0.2, -0.15) is 0 Å². The molecule has 14 nitrogen and oxygen atoms in total. The number of aromatic amines is 1. The molecule has 5 unspecified atom stereocenters. The number of H-pyrrole nitrogens is 1. The molecule has 0 radical (unpaired) electrons. The minimum Gasteiger partial charge on any atom is -0.480 e. The zero-order valence-electron chi connectivity index (χ0n) is 22.9. The first kappa shape index (κ1) is 32.0. The van der Waals surface area contributed by atoms with Crippen LogP contribution in [0.2, 0.25) is 0 Å². The van der Waals surface area contributed by atoms with Crippen LogP contribution in [0.1, 0.15) is 39.2 Å². The summed E-state index contributed by atoms with van der Waals surface area (Å²) in [6.07, 6.45) is 0.946. The van der Waals surface area contributed by atoms with Gasteiger partial charge in [-0.1, -0.05) is 32.0 Å². The smallest absolute Gasteiger partial charge is 0.326 e. The molecule has 12 N–H and O–H groups in total. The molecule has 0 bridgehead atoms. The number of rotatable bonds is 15. The normalized spacial score (nSPS) is 14.9. The fraction of sp³-hybridized carbons (Fsp3) is 0.500. The highest BCUT2D eigenvalue weighted by molar-refractivity contribution is 5.95. The third-order valence-electron chi connectivity index (χ3n) is 6.36. The van der Waals surface area contributed by atoms with Crippen molar-refractivity contribution in [1.82, 2.24) is 20.9 Å². The maximum atomic E-state index is 13.4. The van der Waals surface area contributed by atoms with Crippen molar-refractivity contribution in [3.63, 3.8) is 0 Å². The van der Waals surface area contributed by atoms with Gasteiger partial charge in [-0.3, -0.25) is 19.4 Å². The minimum absolute atomic E-state index is 0.0356. The van der Waals surface area contributed by atoms with E-state index in [9.17, 15) is 29.4 Å². The largest absolute Gasteiger partial charge is 0.480 e. The van der Waals surface area contributed by atoms with E-state index in [2.05, 4.69) is 25.9 Å². The quantitative estimate of drug-likeness (QED) is 0.0709. The number of benzene rings is 1. The fourth-order valence-electron chi connectivity index (χ4n) is 4.03. The Morgan fingerprint density at radius 2 is 1.62 bits per heavy atom. The van der Waals surface area contributed by atoms with E-state index in [0.29, 0.717) is 6.42 Å². The number of guanidine groups is 1. The molecule has 5 atom stereocenters. The molecule has 0 saturated heterocycles. The Bertz CT molecular complexity index is 1210. The Morgan fingerprint density at radius 1 is 0.975 bits per heavy atom. The third kappa shape index (κ3) is 9.24. The summed E-state index contributed by atoms with van der Waals surface area (Å²) in [6, 6.07) is 2.63. The topological polar surface area (TPSA) is 251 Å². The van der Waals surface area contributed by atoms with Gasteiger partial charge in [-0.05, 0) is 37.3 Å². The standard InChI is InChI=1S/C26H40N8O6/c1-13(2)21(34-23(37)20(27)14(3)35)24(38)33-19(11-15-12-31-17-8-5-4-7-16(15)17)22(36)32-18(25(39)40)9-6-10-30-26(28)29/h4-5,7-8,12-14,18-21,31,35H,6,9-11,27H2,1-3H3,(H,32,36)(H,33,38)(H,34,37)(H,39,40)(H4,28,29,30). The van der Waals surface area contributed by atoms with Gasteiger partial charge >= 0.3 is 5.97 Å². The zero-order chi connectivity index (χ0) is 30.0. The lowest BCUT2D eigenvalue weighted by Gasteiger charge is -2.27. The number of aliphatic hydroxyl groups is 1. The van der Waals surface area contributed by atoms with E-state index in [0.717, 1.165) is 16.5 Å². The van der Waals surface area contributed by atoms with Crippen LogP contribution in [-0.4, -0.2) is 81.7 Å². The molecule has 0 aliphatic heterocycles. The number of fused-ring (bicyclic) bond motifs is 1. The van der Waals surface area contributed by atoms with Crippen molar-refractivity contribution in [2.75, 3.05) is 6.54 Å². The Kier molecular flexibility index (Phi) is 11.9. The maximum Gasteiger partial charge on any atom is 0.326 e. The molecule has 0 aliphatic carbocycles. The number of nitrogens with one attached hydrogen (secondary N) is 4. The van der Waals surface area contributed by atoms with Gasteiger partial charge in [0.15, 0.2) is 5.96 Å². The molecule has 0 aliphatic rings. The second-order valence-electron chi connectivity index (χ2n) is 9.97. The van der Waals surface area contributed by atoms with Gasteiger partial charge in [0.2, 0.25) is 17.7 Å². The molecule has 1 heterocycles. The van der Waals surface area contributed by atoms with Gasteiger partial charge in [-0.15, -0.1) is 0 Å². The first-order chi connectivity index (χ1) is 18.8. The monoisotopic (exact) mass is 560 g/mol. The number of para-hydroxylation sites is 1. The molecule has 2 rings (SSSR count). The van der Waals surface area contributed by atoms with E-state index in [-0.39, 0.29) is 25.3 Å². The molecule has 1 aromatic carbocycles. The van der Waals surface area contributed by atoms with Crippen LogP contribution in [0.25, 0.3) is 10.9 Å². The van der Waals surface area contributed by atoms with Gasteiger partial charge in [-0.25, -0.2) is 4.79 Å². The predicted octanol–water partition coefficient (Wildman–Crippen LogP) is -1.33. The number of aliphatic hydroxyl groups excluding tert-OH is 1. The average molecular weight is 561 g/mol. The number of carboxylic acid groups (broad SMARTS) is 1. The van der Waals surface area contributed by atoms with Gasteiger partial charge in [0.1, 0.15) is 24.2 Å². The summed E-state index contributed by atoms with van der Waals surface area (Å²) in [6.45, 7) is 4.93. The van der Waals surface area contributed by atoms with E-state index in [4.69, 9.17) is 17.2 Å². The van der Waals surface area contributed by atoms with Crippen LogP contribution in [0.4, 0.5) is 0 Å². The number of aliphatic imine (C=N–C) groups is 1. The molecule has 0 fully saturated rings. The Morgan fingerprint density at radius 3 is 2.23 bits per heavy atom. The van der Waals surface area contributed by atoms with Crippen molar-refractivity contribution < 1.29 is 29.4 Å². The molecule has 2 aromatic rings. The highest BCUT2D eigenvalue weighted by atomic mass is 16.4. The third-order valence-corrected chi connectivity index (χ3v) is 6.36. The summed E-state index contributed by atoms with van der Waals surface area (Å²) < 4.78 is 0. The minimum atomic E-state index is -1.26. The number of hydrogen-bond donors (Lipinski definition) is 9. The maximum absolute atomic E-state index is 13.4. The molecule has 40 heavy (non-hydrogen) atoms. The number of nitrogens with two attached hydrogens (primary N) is 3. The lowest BCUT2D eigenvalue weighted by atomic mass is 9.99. The van der Waals surface area contributed by atoms with Crippen LogP contribution in [0.5, 0.6) is 0 Å². The molecule has 220 valence electrons. The highest BCUT2D eigenvalue weighted by Gasteiger charge is 2.32. The molecule has 1 aromatic heterocycles. The number of aromatic nitrogens is 1. The van der Waals surface area contributed by atoms with Crippen LogP contribution in [0.15, 0.2) is 35.5 Å². The van der Waals surface area contributed by atoms with Gasteiger partial charge in [0.25, 0.3) is 0 Å². The molecule has 0 saturated carbocycles. The van der Waals surface area contributed by atoms with Crippen LogP contribution in [0.3, 0.4) is 0 Å². The second-order valence-corrected chi connectivity index (χ2v) is 9.97. The number of aliphatic carboxylic acids is 1. The molecule has 0 spiro atoms. The average Bonchev–Trinajstić information content (AvgIpc) is 3.29. The second kappa shape index (κ2) is 14.8. The van der Waals surface area contributed by atoms with E-state index in [1.807, 2.05) is 24.3 Å². The molecular weight excluding hydrogens is 520 g/mol. The van der Waals surface area contributed by atoms with Gasteiger partial charge in [0.05, 0.1) is 6.10 Å². The van der Waals surface area contributed by atoms with Crippen molar-refractivity contribution >= 4 is 40.6 Å². The molecular formula is C26H40N8O6. The first-order valence-corrected chi connectivity index (χ1v) is 13.0. The van der Waals surface area contributed by atoms with E-state index in [1.165, 1.54) is 6.92 Å². The number of nitrogens with zero attached hydrogens (tertiary/aromatic N) is 1. The van der Waals surface area contributed by atoms with Crippen LogP contribution in [0, 0.1) is 5.92 Å². The van der Waals surface area contributed by atoms with Crippen molar-refractivity contribution in [2.45, 2.75) is 70.3 Å². The van der Waals surface area contributed by atoms with Crippen LogP contribution >= 0.6 is 0 Å². The number of hydrogen-bond acceptors (Lipinski definition) is 7. The Balaban J connectivity index is 2.29. The number of carbonyl (C=O) groups is 4. The first-order valence-electron chi connectivity index (χ1n) is 13.0. The van der Waals surface area contributed by atoms with Crippen molar-refractivity contribution in [3.05, 3.63) is 36.0 Å². The van der Waals surface area contributed by atoms with Crippen LogP contribution in [-0.2, 0) is 25.6 Å². The van der Waals surface area contributed by atoms with E-state index in [1.54, 1.807) is 20.0 Å². The Labute approximate surface area is 232 Å². The van der Waals surface area contributed by atoms with E-state index >= 15 is 0 Å². The number of carbonyl (C=O) groups excluding carboxylic acids is 3. The van der Waals surface area contributed by atoms with E-state index < -0.39 is 59.9 Å². The summed E-state index contributed by atoms with van der Waals surface area (Å²) in [5.41, 5.74) is 17.9. The van der Waals surface area contributed by atoms with Gasteiger partial charge in [0, 0.05) is 30.1 Å². The van der Waals surface area contributed by atoms with Crippen molar-refractivity contribution in [2.24, 2.45) is 28.1 Å². The van der Waals surface area contributed by atoms with Crippen LogP contribution < -0.4 is 33.2 Å². The molecule has 3 amide bonds. The van der Waals surface area contributed by atoms with Gasteiger partial charge < -0.3 is 48.3 Å². The predicted molar refractivity (Wildman–Crippen MR) is 150 cm³/mol. The SMILES string of the molecule is CC(C)C(NC(=O)C(N)C(C)O)C(=O)NC(Cc1c[nH]c2ccccc12)C(=O)NC(CCCN=C(N)N)C(=O)O. The fourth-order valence-corrected chi connectivity index (χ4v) is 4.03. The lowest BCUT2D eigenvalue weighted by molar-refractivity contribution is -0.142. The Hall–Kier alpha value is -4.17. The summed E-state index contributed by atoms with van der Waals surface area (Å²) >= 11 is 0. The zero-order valence-corrected chi connectivity index (χ0v) is 22.9. The van der Waals surface area contributed by atoms with Crippen molar-refractivity contribution in [1.29, 1.82) is 0 Å².